The third-order valence-electron chi connectivity index (χ3n) is 3.59. The summed E-state index contributed by atoms with van der Waals surface area (Å²) in [4.78, 5) is 29.3. The van der Waals surface area contributed by atoms with Gasteiger partial charge in [0.15, 0.2) is 5.69 Å². The van der Waals surface area contributed by atoms with Crippen molar-refractivity contribution < 1.29 is 4.79 Å². The first kappa shape index (κ1) is 13.2. The molecule has 0 spiro atoms. The molecule has 2 aromatic carbocycles. The summed E-state index contributed by atoms with van der Waals surface area (Å²) >= 11 is 0. The summed E-state index contributed by atoms with van der Waals surface area (Å²) in [6.07, 6.45) is 0. The second-order valence-corrected chi connectivity index (χ2v) is 4.96. The van der Waals surface area contributed by atoms with Gasteiger partial charge in [-0.1, -0.05) is 36.4 Å². The minimum atomic E-state index is -0.373. The Morgan fingerprint density at radius 1 is 1.05 bits per heavy atom. The fourth-order valence-corrected chi connectivity index (χ4v) is 2.38. The van der Waals surface area contributed by atoms with Crippen LogP contribution in [0, 0.1) is 6.92 Å². The molecule has 0 aliphatic carbocycles. The van der Waals surface area contributed by atoms with Crippen molar-refractivity contribution in [2.24, 2.45) is 7.05 Å². The largest absolute Gasteiger partial charge is 0.308 e. The molecule has 0 fully saturated rings. The van der Waals surface area contributed by atoms with E-state index < -0.39 is 0 Å². The van der Waals surface area contributed by atoms with Crippen molar-refractivity contribution in [3.05, 3.63) is 75.7 Å². The first-order valence-electron chi connectivity index (χ1n) is 6.65. The predicted molar refractivity (Wildman–Crippen MR) is 81.6 cm³/mol. The van der Waals surface area contributed by atoms with Crippen molar-refractivity contribution in [2.45, 2.75) is 6.92 Å². The maximum absolute atomic E-state index is 12.6. The van der Waals surface area contributed by atoms with Crippen molar-refractivity contribution in [3.63, 3.8) is 0 Å². The molecule has 0 radical (unpaired) electrons. The molecule has 4 heteroatoms. The maximum Gasteiger partial charge on any atom is 0.280 e. The smallest absolute Gasteiger partial charge is 0.280 e. The van der Waals surface area contributed by atoms with Crippen LogP contribution in [0.15, 0.2) is 53.3 Å². The van der Waals surface area contributed by atoms with Crippen LogP contribution >= 0.6 is 0 Å². The molecule has 0 atom stereocenters. The SMILES string of the molecule is Cc1ccccc1C(=O)c1nc2ccccc2n(C)c1=O. The molecule has 1 aromatic heterocycles. The molecule has 3 rings (SSSR count). The molecular weight excluding hydrogens is 264 g/mol. The van der Waals surface area contributed by atoms with E-state index >= 15 is 0 Å². The van der Waals surface area contributed by atoms with Crippen molar-refractivity contribution in [1.29, 1.82) is 0 Å². The Balaban J connectivity index is 2.26. The monoisotopic (exact) mass is 278 g/mol. The summed E-state index contributed by atoms with van der Waals surface area (Å²) < 4.78 is 1.47. The zero-order valence-electron chi connectivity index (χ0n) is 11.8. The standard InChI is InChI=1S/C17H14N2O2/c1-11-7-3-4-8-12(11)16(20)15-17(21)19(2)14-10-6-5-9-13(14)18-15/h3-10H,1-2H3. The summed E-state index contributed by atoms with van der Waals surface area (Å²) in [5, 5.41) is 0. The van der Waals surface area contributed by atoms with Crippen molar-refractivity contribution in [2.75, 3.05) is 0 Å². The fraction of sp³-hybridized carbons (Fsp3) is 0.118. The van der Waals surface area contributed by atoms with Crippen LogP contribution in [0.2, 0.25) is 0 Å². The fourth-order valence-electron chi connectivity index (χ4n) is 2.38. The topological polar surface area (TPSA) is 52.0 Å². The maximum atomic E-state index is 12.6. The minimum absolute atomic E-state index is 0.0366. The Kier molecular flexibility index (Phi) is 3.14. The van der Waals surface area contributed by atoms with Gasteiger partial charge in [0.05, 0.1) is 11.0 Å². The van der Waals surface area contributed by atoms with E-state index in [0.717, 1.165) is 5.56 Å². The Morgan fingerprint density at radius 2 is 1.71 bits per heavy atom. The number of para-hydroxylation sites is 2. The third-order valence-corrected chi connectivity index (χ3v) is 3.59. The van der Waals surface area contributed by atoms with Crippen LogP contribution < -0.4 is 5.56 Å². The minimum Gasteiger partial charge on any atom is -0.308 e. The molecular formula is C17H14N2O2. The molecule has 0 aliphatic heterocycles. The lowest BCUT2D eigenvalue weighted by Gasteiger charge is -2.08. The van der Waals surface area contributed by atoms with E-state index in [2.05, 4.69) is 4.98 Å². The van der Waals surface area contributed by atoms with Gasteiger partial charge in [0.1, 0.15) is 0 Å². The molecule has 4 nitrogen and oxygen atoms in total. The van der Waals surface area contributed by atoms with E-state index in [1.54, 1.807) is 25.2 Å². The number of carbonyl (C=O) groups excluding carboxylic acids is 1. The first-order chi connectivity index (χ1) is 10.1. The lowest BCUT2D eigenvalue weighted by molar-refractivity contribution is 0.103. The van der Waals surface area contributed by atoms with Gasteiger partial charge in [0.2, 0.25) is 5.78 Å². The number of carbonyl (C=O) groups is 1. The second-order valence-electron chi connectivity index (χ2n) is 4.96. The van der Waals surface area contributed by atoms with Gasteiger partial charge in [0, 0.05) is 12.6 Å². The molecule has 104 valence electrons. The number of hydrogen-bond acceptors (Lipinski definition) is 3. The number of fused-ring (bicyclic) bond motifs is 1. The number of aromatic nitrogens is 2. The van der Waals surface area contributed by atoms with E-state index in [-0.39, 0.29) is 17.0 Å². The Morgan fingerprint density at radius 3 is 2.48 bits per heavy atom. The van der Waals surface area contributed by atoms with Crippen LogP contribution in [0.1, 0.15) is 21.6 Å². The van der Waals surface area contributed by atoms with Gasteiger partial charge in [-0.15, -0.1) is 0 Å². The summed E-state index contributed by atoms with van der Waals surface area (Å²) in [7, 11) is 1.65. The van der Waals surface area contributed by atoms with E-state index in [1.807, 2.05) is 37.3 Å². The van der Waals surface area contributed by atoms with Crippen LogP contribution in [0.5, 0.6) is 0 Å². The van der Waals surface area contributed by atoms with Crippen molar-refractivity contribution in [3.8, 4) is 0 Å². The molecule has 0 N–H and O–H groups in total. The van der Waals surface area contributed by atoms with E-state index in [4.69, 9.17) is 0 Å². The number of nitrogens with zero attached hydrogens (tertiary/aromatic N) is 2. The number of rotatable bonds is 2. The number of ketones is 1. The summed E-state index contributed by atoms with van der Waals surface area (Å²) in [5.74, 6) is -0.334. The van der Waals surface area contributed by atoms with E-state index in [9.17, 15) is 9.59 Å². The highest BCUT2D eigenvalue weighted by Crippen LogP contribution is 2.13. The van der Waals surface area contributed by atoms with Crippen LogP contribution in [-0.2, 0) is 7.05 Å². The molecule has 3 aromatic rings. The molecule has 0 unspecified atom stereocenters. The highest BCUT2D eigenvalue weighted by atomic mass is 16.1. The molecule has 21 heavy (non-hydrogen) atoms. The zero-order chi connectivity index (χ0) is 15.0. The molecule has 0 amide bonds. The molecule has 0 aliphatic rings. The highest BCUT2D eigenvalue weighted by molar-refractivity contribution is 6.09. The lowest BCUT2D eigenvalue weighted by atomic mass is 10.0. The summed E-state index contributed by atoms with van der Waals surface area (Å²) in [6, 6.07) is 14.5. The molecule has 1 heterocycles. The average Bonchev–Trinajstić information content (AvgIpc) is 2.51. The summed E-state index contributed by atoms with van der Waals surface area (Å²) in [5.41, 5.74) is 2.28. The van der Waals surface area contributed by atoms with Crippen molar-refractivity contribution in [1.82, 2.24) is 9.55 Å². The van der Waals surface area contributed by atoms with Crippen molar-refractivity contribution >= 4 is 16.8 Å². The normalized spacial score (nSPS) is 10.8. The van der Waals surface area contributed by atoms with E-state index in [1.165, 1.54) is 4.57 Å². The van der Waals surface area contributed by atoms with Crippen LogP contribution in [0.3, 0.4) is 0 Å². The van der Waals surface area contributed by atoms with E-state index in [0.29, 0.717) is 16.6 Å². The molecule has 0 bridgehead atoms. The first-order valence-corrected chi connectivity index (χ1v) is 6.65. The third kappa shape index (κ3) is 2.14. The number of hydrogen-bond donors (Lipinski definition) is 0. The molecule has 0 saturated carbocycles. The average molecular weight is 278 g/mol. The number of benzene rings is 2. The predicted octanol–water partition coefficient (Wildman–Crippen LogP) is 2.47. The highest BCUT2D eigenvalue weighted by Gasteiger charge is 2.18. The number of aryl methyl sites for hydroxylation is 2. The van der Waals surface area contributed by atoms with Gasteiger partial charge in [0.25, 0.3) is 5.56 Å². The lowest BCUT2D eigenvalue weighted by Crippen LogP contribution is -2.27. The summed E-state index contributed by atoms with van der Waals surface area (Å²) in [6.45, 7) is 1.85. The second kappa shape index (κ2) is 4.98. The van der Waals surface area contributed by atoms with Gasteiger partial charge < -0.3 is 4.57 Å². The van der Waals surface area contributed by atoms with Gasteiger partial charge in [-0.2, -0.15) is 0 Å². The Hall–Kier alpha value is -2.75. The van der Waals surface area contributed by atoms with Crippen LogP contribution in [0.25, 0.3) is 11.0 Å². The van der Waals surface area contributed by atoms with Gasteiger partial charge >= 0.3 is 0 Å². The zero-order valence-corrected chi connectivity index (χ0v) is 11.8. The quantitative estimate of drug-likeness (QED) is 0.677. The van der Waals surface area contributed by atoms with Crippen LogP contribution in [0.4, 0.5) is 0 Å². The Labute approximate surface area is 121 Å². The Bertz CT molecular complexity index is 910. The van der Waals surface area contributed by atoms with Crippen LogP contribution in [-0.4, -0.2) is 15.3 Å². The molecule has 0 saturated heterocycles. The van der Waals surface area contributed by atoms with Gasteiger partial charge in [-0.25, -0.2) is 4.98 Å². The van der Waals surface area contributed by atoms with Gasteiger partial charge in [-0.05, 0) is 24.6 Å². The van der Waals surface area contributed by atoms with Gasteiger partial charge in [-0.3, -0.25) is 9.59 Å².